The summed E-state index contributed by atoms with van der Waals surface area (Å²) in [5.41, 5.74) is 1.24. The van der Waals surface area contributed by atoms with Crippen LogP contribution in [0.1, 0.15) is 12.5 Å². The highest BCUT2D eigenvalue weighted by atomic mass is 16.7. The molecule has 0 radical (unpaired) electrons. The molecule has 0 fully saturated rings. The number of nitrogens with one attached hydrogen (secondary N) is 1. The molecule has 0 bridgehead atoms. The topological polar surface area (TPSA) is 50.7 Å². The fourth-order valence-corrected chi connectivity index (χ4v) is 1.27. The van der Waals surface area contributed by atoms with Gasteiger partial charge in [0.25, 0.3) is 0 Å². The second-order valence-corrected chi connectivity index (χ2v) is 3.55. The number of carbonyl (C=O) groups excluding carboxylic acids is 1. The minimum Gasteiger partial charge on any atom is -0.323 e. The Morgan fingerprint density at radius 2 is 2.19 bits per heavy atom. The molecule has 16 heavy (non-hydrogen) atoms. The van der Waals surface area contributed by atoms with Gasteiger partial charge in [-0.2, -0.15) is 0 Å². The second kappa shape index (κ2) is 6.61. The zero-order valence-electron chi connectivity index (χ0n) is 9.51. The molecule has 1 aromatic carbocycles. The van der Waals surface area contributed by atoms with Crippen molar-refractivity contribution in [2.45, 2.75) is 13.3 Å². The summed E-state index contributed by atoms with van der Waals surface area (Å²) in [6.45, 7) is 2.02. The summed E-state index contributed by atoms with van der Waals surface area (Å²) in [5.74, 6) is 0.229. The Morgan fingerprint density at radius 3 is 2.81 bits per heavy atom. The molecule has 4 nitrogen and oxygen atoms in total. The molecule has 0 aromatic heterocycles. The first kappa shape index (κ1) is 12.2. The molecular weight excluding hydrogens is 204 g/mol. The van der Waals surface area contributed by atoms with Crippen LogP contribution in [0.5, 0.6) is 0 Å². The lowest BCUT2D eigenvalue weighted by atomic mass is 10.0. The van der Waals surface area contributed by atoms with Gasteiger partial charge in [-0.15, -0.1) is 0 Å². The van der Waals surface area contributed by atoms with Crippen molar-refractivity contribution in [1.82, 2.24) is 5.32 Å². The van der Waals surface area contributed by atoms with Crippen molar-refractivity contribution in [3.05, 3.63) is 35.9 Å². The Hall–Kier alpha value is -1.84. The molecule has 0 saturated carbocycles. The summed E-state index contributed by atoms with van der Waals surface area (Å²) in [7, 11) is 1.49. The lowest BCUT2D eigenvalue weighted by Crippen LogP contribution is -2.17. The number of hydrogen-bond acceptors (Lipinski definition) is 3. The molecule has 0 spiro atoms. The molecule has 0 heterocycles. The van der Waals surface area contributed by atoms with Crippen molar-refractivity contribution in [2.24, 2.45) is 11.1 Å². The third-order valence-corrected chi connectivity index (χ3v) is 2.06. The number of hydrogen-bond donors (Lipinski definition) is 1. The molecule has 4 heteroatoms. The van der Waals surface area contributed by atoms with Crippen LogP contribution in [-0.2, 0) is 11.3 Å². The maximum absolute atomic E-state index is 10.7. The van der Waals surface area contributed by atoms with Gasteiger partial charge in [-0.1, -0.05) is 42.4 Å². The van der Waals surface area contributed by atoms with Crippen LogP contribution in [0.4, 0.5) is 4.79 Å². The summed E-state index contributed by atoms with van der Waals surface area (Å²) in [6, 6.07) is 10.1. The van der Waals surface area contributed by atoms with Crippen LogP contribution >= 0.6 is 0 Å². The van der Waals surface area contributed by atoms with E-state index in [9.17, 15) is 4.79 Å². The average molecular weight is 220 g/mol. The van der Waals surface area contributed by atoms with Crippen LogP contribution in [0.2, 0.25) is 0 Å². The Bertz CT molecular complexity index is 349. The van der Waals surface area contributed by atoms with Crippen LogP contribution in [0.25, 0.3) is 0 Å². The molecule has 1 rings (SSSR count). The number of amides is 1. The fraction of sp³-hybridized carbons (Fsp3) is 0.333. The Balaban J connectivity index is 2.36. The monoisotopic (exact) mass is 220 g/mol. The van der Waals surface area contributed by atoms with E-state index in [1.807, 2.05) is 25.1 Å². The van der Waals surface area contributed by atoms with Gasteiger partial charge in [0.05, 0.1) is 0 Å². The van der Waals surface area contributed by atoms with Crippen LogP contribution in [-0.4, -0.2) is 19.4 Å². The van der Waals surface area contributed by atoms with Gasteiger partial charge in [-0.3, -0.25) is 4.84 Å². The van der Waals surface area contributed by atoms with Crippen molar-refractivity contribution in [3.8, 4) is 0 Å². The van der Waals surface area contributed by atoms with Crippen LogP contribution in [0, 0.1) is 5.92 Å². The van der Waals surface area contributed by atoms with Crippen molar-refractivity contribution >= 4 is 12.3 Å². The van der Waals surface area contributed by atoms with Gasteiger partial charge in [0.2, 0.25) is 0 Å². The number of carbonyl (C=O) groups is 1. The number of nitrogens with zero attached hydrogens (tertiary/aromatic N) is 1. The standard InChI is InChI=1S/C12H16N2O2/c1-10(9-14-16-12(15)13-2)8-11-6-4-3-5-7-11/h3-7,9-10H,8H2,1-2H3,(H,13,15)/b14-9+. The van der Waals surface area contributed by atoms with E-state index in [1.54, 1.807) is 6.21 Å². The summed E-state index contributed by atoms with van der Waals surface area (Å²) < 4.78 is 0. The third-order valence-electron chi connectivity index (χ3n) is 2.06. The van der Waals surface area contributed by atoms with Crippen LogP contribution < -0.4 is 5.32 Å². The summed E-state index contributed by atoms with van der Waals surface area (Å²) in [4.78, 5) is 15.2. The number of benzene rings is 1. The minimum atomic E-state index is -0.553. The molecule has 0 saturated heterocycles. The first-order valence-corrected chi connectivity index (χ1v) is 5.18. The highest BCUT2D eigenvalue weighted by molar-refractivity contribution is 5.68. The van der Waals surface area contributed by atoms with E-state index in [0.717, 1.165) is 6.42 Å². The zero-order chi connectivity index (χ0) is 11.8. The molecule has 86 valence electrons. The fourth-order valence-electron chi connectivity index (χ4n) is 1.27. The smallest absolute Gasteiger partial charge is 0.323 e. The van der Waals surface area contributed by atoms with E-state index in [-0.39, 0.29) is 5.92 Å². The quantitative estimate of drug-likeness (QED) is 0.480. The Labute approximate surface area is 95.3 Å². The molecule has 1 aromatic rings. The van der Waals surface area contributed by atoms with Gasteiger partial charge in [0, 0.05) is 13.3 Å². The lowest BCUT2D eigenvalue weighted by Gasteiger charge is -2.04. The van der Waals surface area contributed by atoms with E-state index < -0.39 is 6.09 Å². The lowest BCUT2D eigenvalue weighted by molar-refractivity contribution is 0.153. The molecule has 1 N–H and O–H groups in total. The highest BCUT2D eigenvalue weighted by Gasteiger charge is 2.01. The van der Waals surface area contributed by atoms with Crippen molar-refractivity contribution < 1.29 is 9.63 Å². The Morgan fingerprint density at radius 1 is 1.50 bits per heavy atom. The first-order valence-electron chi connectivity index (χ1n) is 5.18. The number of rotatable bonds is 4. The second-order valence-electron chi connectivity index (χ2n) is 3.55. The van der Waals surface area contributed by atoms with Gasteiger partial charge in [0.15, 0.2) is 0 Å². The minimum absolute atomic E-state index is 0.229. The van der Waals surface area contributed by atoms with Gasteiger partial charge < -0.3 is 5.32 Å². The molecule has 0 aliphatic rings. The molecule has 0 aliphatic carbocycles. The van der Waals surface area contributed by atoms with Crippen molar-refractivity contribution in [1.29, 1.82) is 0 Å². The summed E-state index contributed by atoms with van der Waals surface area (Å²) >= 11 is 0. The predicted octanol–water partition coefficient (Wildman–Crippen LogP) is 2.21. The SMILES string of the molecule is CNC(=O)O/N=C/C(C)Cc1ccccc1. The number of oxime groups is 1. The van der Waals surface area contributed by atoms with Crippen molar-refractivity contribution in [2.75, 3.05) is 7.05 Å². The highest BCUT2D eigenvalue weighted by Crippen LogP contribution is 2.06. The van der Waals surface area contributed by atoms with Crippen LogP contribution in [0.3, 0.4) is 0 Å². The van der Waals surface area contributed by atoms with E-state index in [0.29, 0.717) is 0 Å². The average Bonchev–Trinajstić information content (AvgIpc) is 2.30. The summed E-state index contributed by atoms with van der Waals surface area (Å²) in [5, 5.41) is 5.91. The molecular formula is C12H16N2O2. The van der Waals surface area contributed by atoms with E-state index >= 15 is 0 Å². The predicted molar refractivity (Wildman–Crippen MR) is 63.3 cm³/mol. The van der Waals surface area contributed by atoms with E-state index in [4.69, 9.17) is 0 Å². The van der Waals surface area contributed by atoms with Crippen LogP contribution in [0.15, 0.2) is 35.5 Å². The van der Waals surface area contributed by atoms with E-state index in [1.165, 1.54) is 12.6 Å². The normalized spacial score (nSPS) is 12.4. The molecule has 1 atom stereocenters. The largest absolute Gasteiger partial charge is 0.433 e. The zero-order valence-corrected chi connectivity index (χ0v) is 9.51. The molecule has 1 amide bonds. The molecule has 1 unspecified atom stereocenters. The molecule has 0 aliphatic heterocycles. The Kier molecular flexibility index (Phi) is 5.05. The van der Waals surface area contributed by atoms with Crippen molar-refractivity contribution in [3.63, 3.8) is 0 Å². The maximum Gasteiger partial charge on any atom is 0.433 e. The van der Waals surface area contributed by atoms with Gasteiger partial charge in [-0.05, 0) is 17.9 Å². The summed E-state index contributed by atoms with van der Waals surface area (Å²) in [6.07, 6.45) is 1.95. The van der Waals surface area contributed by atoms with Gasteiger partial charge in [0.1, 0.15) is 0 Å². The third kappa shape index (κ3) is 4.59. The van der Waals surface area contributed by atoms with Gasteiger partial charge in [-0.25, -0.2) is 4.79 Å². The first-order chi connectivity index (χ1) is 7.72. The van der Waals surface area contributed by atoms with E-state index in [2.05, 4.69) is 27.4 Å². The maximum atomic E-state index is 10.7. The van der Waals surface area contributed by atoms with Gasteiger partial charge >= 0.3 is 6.09 Å².